The van der Waals surface area contributed by atoms with Crippen LogP contribution in [0.15, 0.2) is 77.7 Å². The molecule has 9 heteroatoms. The lowest BCUT2D eigenvalue weighted by atomic mass is 10.1. The first-order valence-corrected chi connectivity index (χ1v) is 10.1. The Balaban J connectivity index is 1.80. The van der Waals surface area contributed by atoms with E-state index in [1.165, 1.54) is 55.6 Å². The lowest BCUT2D eigenvalue weighted by Crippen LogP contribution is -2.16. The maximum atomic E-state index is 13.0. The highest BCUT2D eigenvalue weighted by atomic mass is 32.2. The zero-order valence-corrected chi connectivity index (χ0v) is 16.6. The Morgan fingerprint density at radius 1 is 0.867 bits per heavy atom. The van der Waals surface area contributed by atoms with E-state index in [1.54, 1.807) is 12.1 Å². The molecule has 3 aromatic carbocycles. The number of anilines is 2. The van der Waals surface area contributed by atoms with E-state index in [0.717, 1.165) is 12.1 Å². The molecule has 0 aliphatic carbocycles. The second-order valence-electron chi connectivity index (χ2n) is 6.17. The van der Waals surface area contributed by atoms with E-state index >= 15 is 0 Å². The summed E-state index contributed by atoms with van der Waals surface area (Å²) in [6.07, 6.45) is 0. The molecule has 0 saturated carbocycles. The molecule has 0 aliphatic rings. The minimum atomic E-state index is -3.99. The van der Waals surface area contributed by atoms with Gasteiger partial charge in [-0.1, -0.05) is 12.1 Å². The highest BCUT2D eigenvalue weighted by Crippen LogP contribution is 2.19. The van der Waals surface area contributed by atoms with E-state index in [1.807, 2.05) is 0 Å². The standard InChI is InChI=1S/C21H17FN2O5S/c1-29-21(26)15-5-2-6-18(12-15)23-20(25)14-4-3-7-19(13-14)30(27,28)24-17-10-8-16(22)9-11-17/h2-13,24H,1H3,(H,23,25). The topological polar surface area (TPSA) is 102 Å². The maximum absolute atomic E-state index is 13.0. The number of hydrogen-bond acceptors (Lipinski definition) is 5. The van der Waals surface area contributed by atoms with Crippen molar-refractivity contribution in [2.24, 2.45) is 0 Å². The second-order valence-corrected chi connectivity index (χ2v) is 7.85. The monoisotopic (exact) mass is 428 g/mol. The van der Waals surface area contributed by atoms with Crippen LogP contribution in [-0.4, -0.2) is 27.4 Å². The van der Waals surface area contributed by atoms with E-state index in [9.17, 15) is 22.4 Å². The van der Waals surface area contributed by atoms with Gasteiger partial charge in [-0.05, 0) is 60.7 Å². The molecule has 154 valence electrons. The van der Waals surface area contributed by atoms with Crippen molar-refractivity contribution in [3.8, 4) is 0 Å². The van der Waals surface area contributed by atoms with Gasteiger partial charge in [0, 0.05) is 16.9 Å². The van der Waals surface area contributed by atoms with Crippen LogP contribution in [0.5, 0.6) is 0 Å². The maximum Gasteiger partial charge on any atom is 0.337 e. The van der Waals surface area contributed by atoms with Gasteiger partial charge in [-0.25, -0.2) is 17.6 Å². The zero-order valence-electron chi connectivity index (χ0n) is 15.8. The highest BCUT2D eigenvalue weighted by Gasteiger charge is 2.17. The molecule has 0 heterocycles. The van der Waals surface area contributed by atoms with E-state index in [0.29, 0.717) is 5.69 Å². The van der Waals surface area contributed by atoms with Crippen molar-refractivity contribution in [1.29, 1.82) is 0 Å². The average molecular weight is 428 g/mol. The van der Waals surface area contributed by atoms with Gasteiger partial charge in [0.05, 0.1) is 17.6 Å². The van der Waals surface area contributed by atoms with Gasteiger partial charge in [0.25, 0.3) is 15.9 Å². The number of ether oxygens (including phenoxy) is 1. The normalized spacial score (nSPS) is 10.9. The Kier molecular flexibility index (Phi) is 6.12. The molecular weight excluding hydrogens is 411 g/mol. The van der Waals surface area contributed by atoms with Crippen LogP contribution < -0.4 is 10.0 Å². The molecule has 0 fully saturated rings. The van der Waals surface area contributed by atoms with Crippen molar-refractivity contribution < 1.29 is 27.1 Å². The summed E-state index contributed by atoms with van der Waals surface area (Å²) < 4.78 is 45.1. The molecule has 0 unspecified atom stereocenters. The van der Waals surface area contributed by atoms with Crippen LogP contribution in [-0.2, 0) is 14.8 Å². The van der Waals surface area contributed by atoms with Gasteiger partial charge < -0.3 is 10.1 Å². The molecule has 7 nitrogen and oxygen atoms in total. The SMILES string of the molecule is COC(=O)c1cccc(NC(=O)c2cccc(S(=O)(=O)Nc3ccc(F)cc3)c2)c1. The first kappa shape index (κ1) is 21.0. The van der Waals surface area contributed by atoms with E-state index in [2.05, 4.69) is 14.8 Å². The number of hydrogen-bond donors (Lipinski definition) is 2. The fourth-order valence-corrected chi connectivity index (χ4v) is 3.69. The Morgan fingerprint density at radius 2 is 1.53 bits per heavy atom. The molecule has 0 aromatic heterocycles. The van der Waals surface area contributed by atoms with E-state index < -0.39 is 27.7 Å². The summed E-state index contributed by atoms with van der Waals surface area (Å²) in [4.78, 5) is 24.0. The second kappa shape index (κ2) is 8.75. The molecule has 0 spiro atoms. The number of carbonyl (C=O) groups excluding carboxylic acids is 2. The number of esters is 1. The van der Waals surface area contributed by atoms with Gasteiger partial charge in [-0.2, -0.15) is 0 Å². The molecular formula is C21H17FN2O5S. The third-order valence-corrected chi connectivity index (χ3v) is 5.42. The van der Waals surface area contributed by atoms with Crippen molar-refractivity contribution in [2.75, 3.05) is 17.1 Å². The number of amides is 1. The largest absolute Gasteiger partial charge is 0.465 e. The van der Waals surface area contributed by atoms with Crippen LogP contribution in [0.2, 0.25) is 0 Å². The van der Waals surface area contributed by atoms with Gasteiger partial charge in [-0.15, -0.1) is 0 Å². The number of carbonyl (C=O) groups is 2. The molecule has 30 heavy (non-hydrogen) atoms. The fraction of sp³-hybridized carbons (Fsp3) is 0.0476. The molecule has 0 bridgehead atoms. The molecule has 0 saturated heterocycles. The summed E-state index contributed by atoms with van der Waals surface area (Å²) in [5.74, 6) is -1.60. The molecule has 3 rings (SSSR count). The van der Waals surface area contributed by atoms with Crippen molar-refractivity contribution in [3.63, 3.8) is 0 Å². The molecule has 0 atom stereocenters. The molecule has 3 aromatic rings. The minimum absolute atomic E-state index is 0.0976. The summed E-state index contributed by atoms with van der Waals surface area (Å²) in [6, 6.07) is 16.4. The Morgan fingerprint density at radius 3 is 2.23 bits per heavy atom. The lowest BCUT2D eigenvalue weighted by molar-refractivity contribution is 0.0600. The van der Waals surface area contributed by atoms with Gasteiger partial charge in [0.15, 0.2) is 0 Å². The molecule has 2 N–H and O–H groups in total. The van der Waals surface area contributed by atoms with Crippen molar-refractivity contribution in [1.82, 2.24) is 0 Å². The van der Waals surface area contributed by atoms with Crippen molar-refractivity contribution in [2.45, 2.75) is 4.90 Å². The number of nitrogens with one attached hydrogen (secondary N) is 2. The lowest BCUT2D eigenvalue weighted by Gasteiger charge is -2.10. The summed E-state index contributed by atoms with van der Waals surface area (Å²) in [5.41, 5.74) is 0.891. The third kappa shape index (κ3) is 5.00. The Hall–Kier alpha value is -3.72. The van der Waals surface area contributed by atoms with Gasteiger partial charge in [-0.3, -0.25) is 9.52 Å². The van der Waals surface area contributed by atoms with Crippen LogP contribution >= 0.6 is 0 Å². The third-order valence-electron chi connectivity index (χ3n) is 4.04. The van der Waals surface area contributed by atoms with Gasteiger partial charge >= 0.3 is 5.97 Å². The predicted octanol–water partition coefficient (Wildman–Crippen LogP) is 3.67. The predicted molar refractivity (Wildman–Crippen MR) is 109 cm³/mol. The summed E-state index contributed by atoms with van der Waals surface area (Å²) >= 11 is 0. The Labute approximate surface area is 172 Å². The van der Waals surface area contributed by atoms with Crippen LogP contribution in [0.1, 0.15) is 20.7 Å². The van der Waals surface area contributed by atoms with Crippen LogP contribution in [0.25, 0.3) is 0 Å². The van der Waals surface area contributed by atoms with Crippen LogP contribution in [0.3, 0.4) is 0 Å². The number of rotatable bonds is 6. The Bertz CT molecular complexity index is 1190. The van der Waals surface area contributed by atoms with E-state index in [-0.39, 0.29) is 21.7 Å². The molecule has 0 aliphatic heterocycles. The summed E-state index contributed by atoms with van der Waals surface area (Å²) in [7, 11) is -2.74. The quantitative estimate of drug-likeness (QED) is 0.584. The summed E-state index contributed by atoms with van der Waals surface area (Å²) in [5, 5.41) is 2.61. The number of benzene rings is 3. The first-order chi connectivity index (χ1) is 14.3. The number of halogens is 1. The van der Waals surface area contributed by atoms with E-state index in [4.69, 9.17) is 0 Å². The average Bonchev–Trinajstić information content (AvgIpc) is 2.75. The summed E-state index contributed by atoms with van der Waals surface area (Å²) in [6.45, 7) is 0. The fourth-order valence-electron chi connectivity index (χ4n) is 2.58. The van der Waals surface area contributed by atoms with Crippen molar-refractivity contribution in [3.05, 3.63) is 89.7 Å². The van der Waals surface area contributed by atoms with Crippen LogP contribution in [0.4, 0.5) is 15.8 Å². The van der Waals surface area contributed by atoms with Gasteiger partial charge in [0.1, 0.15) is 5.82 Å². The van der Waals surface area contributed by atoms with Gasteiger partial charge in [0.2, 0.25) is 0 Å². The smallest absolute Gasteiger partial charge is 0.337 e. The molecule has 0 radical (unpaired) electrons. The van der Waals surface area contributed by atoms with Crippen LogP contribution in [0, 0.1) is 5.82 Å². The number of sulfonamides is 1. The first-order valence-electron chi connectivity index (χ1n) is 8.67. The number of methoxy groups -OCH3 is 1. The minimum Gasteiger partial charge on any atom is -0.465 e. The van der Waals surface area contributed by atoms with Crippen molar-refractivity contribution >= 4 is 33.3 Å². The zero-order chi connectivity index (χ0) is 21.7. The highest BCUT2D eigenvalue weighted by molar-refractivity contribution is 7.92. The molecule has 1 amide bonds.